The Hall–Kier alpha value is -2.82. The molecule has 166 valence electrons. The SMILES string of the molecule is CC(C)c1ccn(-c2nc(Cl)c(-c3c(F)cc(F)cc3F)c(N[C@@H](C)C(F)(F)F)n2)n1. The lowest BCUT2D eigenvalue weighted by Gasteiger charge is -2.21. The maximum absolute atomic E-state index is 14.4. The molecule has 1 N–H and O–H groups in total. The Balaban J connectivity index is 2.22. The van der Waals surface area contributed by atoms with Crippen LogP contribution < -0.4 is 5.32 Å². The average Bonchev–Trinajstić information content (AvgIpc) is 3.12. The Kier molecular flexibility index (Phi) is 6.17. The Morgan fingerprint density at radius 1 is 1.00 bits per heavy atom. The average molecular weight is 464 g/mol. The van der Waals surface area contributed by atoms with E-state index in [9.17, 15) is 26.3 Å². The third-order valence-corrected chi connectivity index (χ3v) is 4.63. The first-order valence-electron chi connectivity index (χ1n) is 9.00. The molecule has 1 aromatic carbocycles. The van der Waals surface area contributed by atoms with Crippen molar-refractivity contribution in [1.82, 2.24) is 19.7 Å². The summed E-state index contributed by atoms with van der Waals surface area (Å²) in [4.78, 5) is 7.91. The van der Waals surface area contributed by atoms with Crippen LogP contribution in [0, 0.1) is 17.5 Å². The molecule has 0 amide bonds. The third kappa shape index (κ3) is 4.76. The maximum atomic E-state index is 14.4. The van der Waals surface area contributed by atoms with E-state index in [1.54, 1.807) is 6.07 Å². The molecule has 0 unspecified atom stereocenters. The van der Waals surface area contributed by atoms with Crippen LogP contribution in [0.25, 0.3) is 17.1 Å². The highest BCUT2D eigenvalue weighted by Crippen LogP contribution is 2.38. The molecule has 2 heterocycles. The number of rotatable bonds is 5. The van der Waals surface area contributed by atoms with E-state index in [2.05, 4.69) is 20.4 Å². The van der Waals surface area contributed by atoms with E-state index in [0.29, 0.717) is 17.8 Å². The lowest BCUT2D eigenvalue weighted by atomic mass is 10.1. The number of hydrogen-bond acceptors (Lipinski definition) is 4. The minimum Gasteiger partial charge on any atom is -0.358 e. The Labute approximate surface area is 178 Å². The number of anilines is 1. The first-order valence-corrected chi connectivity index (χ1v) is 9.38. The fourth-order valence-corrected chi connectivity index (χ4v) is 2.94. The zero-order chi connectivity index (χ0) is 23.1. The number of benzene rings is 1. The van der Waals surface area contributed by atoms with Crippen molar-refractivity contribution in [3.8, 4) is 17.1 Å². The fourth-order valence-electron chi connectivity index (χ4n) is 2.68. The summed E-state index contributed by atoms with van der Waals surface area (Å²) < 4.78 is 82.7. The normalized spacial score (nSPS) is 13.0. The summed E-state index contributed by atoms with van der Waals surface area (Å²) in [5.74, 6) is -4.73. The van der Waals surface area contributed by atoms with Gasteiger partial charge in [0.2, 0.25) is 0 Å². The van der Waals surface area contributed by atoms with Crippen molar-refractivity contribution in [1.29, 1.82) is 0 Å². The van der Waals surface area contributed by atoms with Crippen LogP contribution in [-0.4, -0.2) is 32.0 Å². The number of alkyl halides is 3. The summed E-state index contributed by atoms with van der Waals surface area (Å²) in [6.45, 7) is 4.55. The molecule has 0 aliphatic rings. The monoisotopic (exact) mass is 463 g/mol. The molecule has 3 aromatic rings. The lowest BCUT2D eigenvalue weighted by Crippen LogP contribution is -2.34. The Morgan fingerprint density at radius 2 is 1.61 bits per heavy atom. The highest BCUT2D eigenvalue weighted by Gasteiger charge is 2.37. The van der Waals surface area contributed by atoms with E-state index in [1.165, 1.54) is 10.9 Å². The summed E-state index contributed by atoms with van der Waals surface area (Å²) in [5, 5.41) is 5.75. The van der Waals surface area contributed by atoms with Crippen LogP contribution in [0.2, 0.25) is 5.15 Å². The van der Waals surface area contributed by atoms with Gasteiger partial charge in [0.1, 0.15) is 34.5 Å². The van der Waals surface area contributed by atoms with Gasteiger partial charge in [0, 0.05) is 18.3 Å². The van der Waals surface area contributed by atoms with Crippen molar-refractivity contribution in [3.63, 3.8) is 0 Å². The van der Waals surface area contributed by atoms with E-state index in [-0.39, 0.29) is 11.9 Å². The van der Waals surface area contributed by atoms with Crippen LogP contribution in [-0.2, 0) is 0 Å². The van der Waals surface area contributed by atoms with Gasteiger partial charge in [0.25, 0.3) is 5.95 Å². The highest BCUT2D eigenvalue weighted by atomic mass is 35.5. The van der Waals surface area contributed by atoms with E-state index < -0.39 is 51.8 Å². The van der Waals surface area contributed by atoms with Crippen LogP contribution in [0.15, 0.2) is 24.4 Å². The van der Waals surface area contributed by atoms with Crippen molar-refractivity contribution in [2.45, 2.75) is 38.9 Å². The van der Waals surface area contributed by atoms with Crippen LogP contribution >= 0.6 is 11.6 Å². The summed E-state index contributed by atoms with van der Waals surface area (Å²) in [7, 11) is 0. The predicted molar refractivity (Wildman–Crippen MR) is 103 cm³/mol. The number of hydrogen-bond donors (Lipinski definition) is 1. The third-order valence-electron chi connectivity index (χ3n) is 4.36. The smallest absolute Gasteiger partial charge is 0.358 e. The van der Waals surface area contributed by atoms with E-state index >= 15 is 0 Å². The zero-order valence-corrected chi connectivity index (χ0v) is 17.2. The second-order valence-electron chi connectivity index (χ2n) is 7.03. The number of nitrogens with zero attached hydrogens (tertiary/aromatic N) is 4. The minimum absolute atomic E-state index is 0.0428. The predicted octanol–water partition coefficient (Wildman–Crippen LogP) is 5.89. The number of halogens is 7. The van der Waals surface area contributed by atoms with Gasteiger partial charge in [0.05, 0.1) is 16.8 Å². The topological polar surface area (TPSA) is 55.6 Å². The molecule has 2 aromatic heterocycles. The summed E-state index contributed by atoms with van der Waals surface area (Å²) >= 11 is 6.13. The van der Waals surface area contributed by atoms with Crippen LogP contribution in [0.1, 0.15) is 32.4 Å². The number of nitrogens with one attached hydrogen (secondary N) is 1. The number of aromatic nitrogens is 4. The molecule has 1 atom stereocenters. The van der Waals surface area contributed by atoms with Crippen LogP contribution in [0.3, 0.4) is 0 Å². The molecular formula is C19H16ClF6N5. The standard InChI is InChI=1S/C19H16ClF6N5/c1-8(2)13-4-5-31(30-13)18-28-16(20)15(14-11(22)6-10(21)7-12(14)23)17(29-18)27-9(3)19(24,25)26/h4-9H,1-3H3,(H,27,28,29)/t9-/m0/s1. The molecule has 0 aliphatic heterocycles. The van der Waals surface area contributed by atoms with Gasteiger partial charge >= 0.3 is 6.18 Å². The first-order chi connectivity index (χ1) is 14.4. The molecule has 0 aliphatic carbocycles. The van der Waals surface area contributed by atoms with Gasteiger partial charge in [-0.15, -0.1) is 0 Å². The van der Waals surface area contributed by atoms with E-state index in [0.717, 1.165) is 6.92 Å². The van der Waals surface area contributed by atoms with Crippen molar-refractivity contribution >= 4 is 17.4 Å². The molecule has 0 saturated heterocycles. The van der Waals surface area contributed by atoms with Crippen LogP contribution in [0.4, 0.5) is 32.2 Å². The molecule has 0 bridgehead atoms. The maximum Gasteiger partial charge on any atom is 0.408 e. The van der Waals surface area contributed by atoms with Crippen molar-refractivity contribution in [2.24, 2.45) is 0 Å². The summed E-state index contributed by atoms with van der Waals surface area (Å²) in [6, 6.07) is 0.255. The fraction of sp³-hybridized carbons (Fsp3) is 0.316. The lowest BCUT2D eigenvalue weighted by molar-refractivity contribution is -0.138. The van der Waals surface area contributed by atoms with Gasteiger partial charge in [-0.1, -0.05) is 25.4 Å². The zero-order valence-electron chi connectivity index (χ0n) is 16.4. The largest absolute Gasteiger partial charge is 0.408 e. The van der Waals surface area contributed by atoms with Gasteiger partial charge in [-0.05, 0) is 18.9 Å². The van der Waals surface area contributed by atoms with Crippen LogP contribution in [0.5, 0.6) is 0 Å². The van der Waals surface area contributed by atoms with E-state index in [4.69, 9.17) is 11.6 Å². The minimum atomic E-state index is -4.70. The van der Waals surface area contributed by atoms with Gasteiger partial charge < -0.3 is 5.32 Å². The quantitative estimate of drug-likeness (QED) is 0.379. The molecule has 3 rings (SSSR count). The highest BCUT2D eigenvalue weighted by molar-refractivity contribution is 6.32. The summed E-state index contributed by atoms with van der Waals surface area (Å²) in [6.07, 6.45) is -3.23. The van der Waals surface area contributed by atoms with Gasteiger partial charge in [-0.3, -0.25) is 0 Å². The summed E-state index contributed by atoms with van der Waals surface area (Å²) in [5.41, 5.74) is -0.788. The molecule has 0 radical (unpaired) electrons. The molecule has 0 saturated carbocycles. The van der Waals surface area contributed by atoms with E-state index in [1.807, 2.05) is 13.8 Å². The molecular weight excluding hydrogens is 448 g/mol. The molecule has 5 nitrogen and oxygen atoms in total. The Morgan fingerprint density at radius 3 is 2.13 bits per heavy atom. The Bertz CT molecular complexity index is 1090. The molecule has 31 heavy (non-hydrogen) atoms. The molecule has 0 spiro atoms. The van der Waals surface area contributed by atoms with Crippen molar-refractivity contribution < 1.29 is 26.3 Å². The second kappa shape index (κ2) is 8.37. The molecule has 12 heteroatoms. The molecule has 0 fully saturated rings. The van der Waals surface area contributed by atoms with Gasteiger partial charge in [-0.25, -0.2) is 17.9 Å². The first kappa shape index (κ1) is 22.9. The van der Waals surface area contributed by atoms with Gasteiger partial charge in [0.15, 0.2) is 0 Å². The van der Waals surface area contributed by atoms with Crippen molar-refractivity contribution in [2.75, 3.05) is 5.32 Å². The second-order valence-corrected chi connectivity index (χ2v) is 7.39. The van der Waals surface area contributed by atoms with Crippen molar-refractivity contribution in [3.05, 3.63) is 52.7 Å². The van der Waals surface area contributed by atoms with Gasteiger partial charge in [-0.2, -0.15) is 28.2 Å².